The third-order valence-corrected chi connectivity index (χ3v) is 4.06. The van der Waals surface area contributed by atoms with E-state index in [9.17, 15) is 9.50 Å². The van der Waals surface area contributed by atoms with Crippen molar-refractivity contribution < 1.29 is 14.2 Å². The van der Waals surface area contributed by atoms with E-state index in [-0.39, 0.29) is 17.8 Å². The molecular formula is C15H22FNO2. The van der Waals surface area contributed by atoms with E-state index in [0.29, 0.717) is 0 Å². The van der Waals surface area contributed by atoms with Crippen molar-refractivity contribution in [2.75, 3.05) is 26.8 Å². The maximum Gasteiger partial charge on any atom is 0.123 e. The van der Waals surface area contributed by atoms with Crippen LogP contribution in [0.2, 0.25) is 0 Å². The fourth-order valence-electron chi connectivity index (χ4n) is 2.59. The molecule has 0 unspecified atom stereocenters. The number of ether oxygens (including phenoxy) is 1. The summed E-state index contributed by atoms with van der Waals surface area (Å²) in [7, 11) is 1.60. The van der Waals surface area contributed by atoms with Gasteiger partial charge in [-0.25, -0.2) is 4.39 Å². The van der Waals surface area contributed by atoms with Gasteiger partial charge in [0.1, 0.15) is 11.6 Å². The van der Waals surface area contributed by atoms with Crippen molar-refractivity contribution in [2.45, 2.75) is 25.7 Å². The summed E-state index contributed by atoms with van der Waals surface area (Å²) >= 11 is 0. The fraction of sp³-hybridized carbons (Fsp3) is 0.600. The van der Waals surface area contributed by atoms with Crippen LogP contribution in [0, 0.1) is 11.2 Å². The van der Waals surface area contributed by atoms with Crippen LogP contribution in [0.3, 0.4) is 0 Å². The number of hydrogen-bond acceptors (Lipinski definition) is 3. The highest BCUT2D eigenvalue weighted by atomic mass is 19.1. The second-order valence-corrected chi connectivity index (χ2v) is 5.39. The largest absolute Gasteiger partial charge is 0.496 e. The molecule has 0 amide bonds. The number of halogens is 1. The molecule has 1 aliphatic rings. The van der Waals surface area contributed by atoms with E-state index in [2.05, 4.69) is 5.32 Å². The molecule has 1 aromatic rings. The third kappa shape index (κ3) is 3.45. The van der Waals surface area contributed by atoms with Gasteiger partial charge >= 0.3 is 0 Å². The van der Waals surface area contributed by atoms with Crippen molar-refractivity contribution in [1.82, 2.24) is 5.32 Å². The molecule has 0 saturated heterocycles. The van der Waals surface area contributed by atoms with Gasteiger partial charge in [-0.3, -0.25) is 0 Å². The predicted molar refractivity (Wildman–Crippen MR) is 72.9 cm³/mol. The van der Waals surface area contributed by atoms with Crippen LogP contribution < -0.4 is 10.1 Å². The van der Waals surface area contributed by atoms with Crippen LogP contribution in [-0.2, 0) is 6.42 Å². The predicted octanol–water partition coefficient (Wildman–Crippen LogP) is 2.13. The van der Waals surface area contributed by atoms with E-state index in [4.69, 9.17) is 4.74 Å². The first-order valence-electron chi connectivity index (χ1n) is 6.83. The molecule has 0 aliphatic heterocycles. The van der Waals surface area contributed by atoms with Gasteiger partial charge in [0, 0.05) is 18.6 Å². The maximum atomic E-state index is 13.2. The van der Waals surface area contributed by atoms with Crippen LogP contribution in [0.15, 0.2) is 18.2 Å². The monoisotopic (exact) mass is 267 g/mol. The molecule has 0 radical (unpaired) electrons. The minimum atomic E-state index is -0.235. The highest BCUT2D eigenvalue weighted by Gasteiger charge is 2.35. The smallest absolute Gasteiger partial charge is 0.123 e. The quantitative estimate of drug-likeness (QED) is 0.744. The highest BCUT2D eigenvalue weighted by molar-refractivity contribution is 5.34. The molecule has 0 spiro atoms. The number of hydrogen-bond donors (Lipinski definition) is 2. The first-order valence-corrected chi connectivity index (χ1v) is 6.83. The number of aliphatic hydroxyl groups is 1. The molecule has 2 rings (SSSR count). The lowest BCUT2D eigenvalue weighted by atomic mass is 9.69. The minimum absolute atomic E-state index is 0.0893. The molecule has 2 N–H and O–H groups in total. The van der Waals surface area contributed by atoms with Gasteiger partial charge in [-0.1, -0.05) is 6.42 Å². The zero-order chi connectivity index (χ0) is 13.7. The Morgan fingerprint density at radius 3 is 2.79 bits per heavy atom. The van der Waals surface area contributed by atoms with Crippen molar-refractivity contribution in [3.8, 4) is 5.75 Å². The van der Waals surface area contributed by atoms with Crippen LogP contribution in [0.25, 0.3) is 0 Å². The van der Waals surface area contributed by atoms with Crippen molar-refractivity contribution in [2.24, 2.45) is 5.41 Å². The van der Waals surface area contributed by atoms with E-state index in [1.54, 1.807) is 13.2 Å². The van der Waals surface area contributed by atoms with Crippen LogP contribution >= 0.6 is 0 Å². The normalized spacial score (nSPS) is 17.0. The SMILES string of the molecule is COc1ccc(F)cc1CCNCC1(CO)CCC1. The summed E-state index contributed by atoms with van der Waals surface area (Å²) in [6, 6.07) is 4.59. The Morgan fingerprint density at radius 1 is 1.42 bits per heavy atom. The molecule has 19 heavy (non-hydrogen) atoms. The molecule has 4 heteroatoms. The van der Waals surface area contributed by atoms with Crippen LogP contribution in [-0.4, -0.2) is 31.9 Å². The molecule has 0 aromatic heterocycles. The van der Waals surface area contributed by atoms with Crippen molar-refractivity contribution >= 4 is 0 Å². The van der Waals surface area contributed by atoms with Gasteiger partial charge in [0.25, 0.3) is 0 Å². The summed E-state index contributed by atoms with van der Waals surface area (Å²) in [4.78, 5) is 0. The third-order valence-electron chi connectivity index (χ3n) is 4.06. The van der Waals surface area contributed by atoms with Gasteiger partial charge in [-0.05, 0) is 49.6 Å². The molecule has 1 saturated carbocycles. The van der Waals surface area contributed by atoms with E-state index in [1.807, 2.05) is 0 Å². The lowest BCUT2D eigenvalue weighted by molar-refractivity contribution is 0.0450. The summed E-state index contributed by atoms with van der Waals surface area (Å²) in [5.74, 6) is 0.491. The molecule has 106 valence electrons. The Labute approximate surface area is 113 Å². The first-order chi connectivity index (χ1) is 9.19. The van der Waals surface area contributed by atoms with Crippen molar-refractivity contribution in [3.05, 3.63) is 29.6 Å². The Balaban J connectivity index is 1.80. The Hall–Kier alpha value is -1.13. The number of benzene rings is 1. The van der Waals surface area contributed by atoms with E-state index in [1.165, 1.54) is 18.6 Å². The molecule has 0 atom stereocenters. The first kappa shape index (κ1) is 14.3. The van der Waals surface area contributed by atoms with Crippen molar-refractivity contribution in [1.29, 1.82) is 0 Å². The summed E-state index contributed by atoms with van der Waals surface area (Å²) in [5, 5.41) is 12.7. The number of rotatable bonds is 7. The molecule has 3 nitrogen and oxygen atoms in total. The zero-order valence-electron chi connectivity index (χ0n) is 11.4. The van der Waals surface area contributed by atoms with Gasteiger partial charge < -0.3 is 15.2 Å². The van der Waals surface area contributed by atoms with E-state index in [0.717, 1.165) is 43.7 Å². The Bertz CT molecular complexity index is 413. The summed E-state index contributed by atoms with van der Waals surface area (Å²) in [6.07, 6.45) is 4.13. The summed E-state index contributed by atoms with van der Waals surface area (Å²) in [6.45, 7) is 1.85. The maximum absolute atomic E-state index is 13.2. The minimum Gasteiger partial charge on any atom is -0.496 e. The summed E-state index contributed by atoms with van der Waals surface area (Å²) in [5.41, 5.74) is 0.966. The molecule has 1 fully saturated rings. The molecular weight excluding hydrogens is 245 g/mol. The average Bonchev–Trinajstić information content (AvgIpc) is 2.37. The van der Waals surface area contributed by atoms with Gasteiger partial charge in [0.15, 0.2) is 0 Å². The highest BCUT2D eigenvalue weighted by Crippen LogP contribution is 2.39. The average molecular weight is 267 g/mol. The Morgan fingerprint density at radius 2 is 2.21 bits per heavy atom. The van der Waals surface area contributed by atoms with Gasteiger partial charge in [-0.15, -0.1) is 0 Å². The Kier molecular flexibility index (Phi) is 4.77. The van der Waals surface area contributed by atoms with Crippen LogP contribution in [0.1, 0.15) is 24.8 Å². The second-order valence-electron chi connectivity index (χ2n) is 5.39. The van der Waals surface area contributed by atoms with Crippen molar-refractivity contribution in [3.63, 3.8) is 0 Å². The topological polar surface area (TPSA) is 41.5 Å². The number of nitrogens with one attached hydrogen (secondary N) is 1. The molecule has 1 aromatic carbocycles. The van der Waals surface area contributed by atoms with Gasteiger partial charge in [0.2, 0.25) is 0 Å². The lowest BCUT2D eigenvalue weighted by Gasteiger charge is -2.40. The van der Waals surface area contributed by atoms with Crippen LogP contribution in [0.5, 0.6) is 5.75 Å². The molecule has 0 heterocycles. The van der Waals surface area contributed by atoms with E-state index >= 15 is 0 Å². The zero-order valence-corrected chi connectivity index (χ0v) is 11.4. The fourth-order valence-corrected chi connectivity index (χ4v) is 2.59. The van der Waals surface area contributed by atoms with Gasteiger partial charge in [-0.2, -0.15) is 0 Å². The van der Waals surface area contributed by atoms with E-state index < -0.39 is 0 Å². The number of aliphatic hydroxyl groups excluding tert-OH is 1. The lowest BCUT2D eigenvalue weighted by Crippen LogP contribution is -2.43. The number of methoxy groups -OCH3 is 1. The van der Waals surface area contributed by atoms with Gasteiger partial charge in [0.05, 0.1) is 7.11 Å². The second kappa shape index (κ2) is 6.35. The van der Waals surface area contributed by atoms with Crippen LogP contribution in [0.4, 0.5) is 4.39 Å². The molecule has 1 aliphatic carbocycles. The standard InChI is InChI=1S/C15H22FNO2/c1-19-14-4-3-13(16)9-12(14)5-8-17-10-15(11-18)6-2-7-15/h3-4,9,17-18H,2,5-8,10-11H2,1H3. The summed E-state index contributed by atoms with van der Waals surface area (Å²) < 4.78 is 18.4. The molecule has 0 bridgehead atoms.